The predicted molar refractivity (Wildman–Crippen MR) is 106 cm³/mol. The molecule has 0 bridgehead atoms. The standard InChI is InChI=1S/C22H32N4/c1-17(2)14-26-13-10-20-21(24-16-23-20)22(26)19-8-11-25(12-9-19)15-18-6-4-3-5-7-18/h3-7,16-17,19,22H,8-15H2,1-2H3,(H,23,24). The molecule has 0 saturated carbocycles. The van der Waals surface area contributed by atoms with Crippen LogP contribution in [0.1, 0.15) is 49.7 Å². The number of piperidine rings is 1. The number of H-pyrrole nitrogens is 1. The van der Waals surface area contributed by atoms with Gasteiger partial charge in [-0.25, -0.2) is 4.98 Å². The largest absolute Gasteiger partial charge is 0.348 e. The van der Waals surface area contributed by atoms with Crippen LogP contribution in [0, 0.1) is 11.8 Å². The van der Waals surface area contributed by atoms with E-state index in [1.165, 1.54) is 56.0 Å². The number of hydrogen-bond acceptors (Lipinski definition) is 3. The number of nitrogens with zero attached hydrogens (tertiary/aromatic N) is 3. The van der Waals surface area contributed by atoms with Crippen LogP contribution < -0.4 is 0 Å². The molecule has 26 heavy (non-hydrogen) atoms. The highest BCUT2D eigenvalue weighted by molar-refractivity contribution is 5.21. The van der Waals surface area contributed by atoms with Crippen molar-refractivity contribution in [2.45, 2.75) is 45.7 Å². The molecule has 1 aromatic carbocycles. The van der Waals surface area contributed by atoms with Gasteiger partial charge in [0.05, 0.1) is 18.1 Å². The minimum atomic E-state index is 0.506. The van der Waals surface area contributed by atoms with Crippen LogP contribution in [-0.4, -0.2) is 45.9 Å². The van der Waals surface area contributed by atoms with E-state index in [0.717, 1.165) is 18.9 Å². The summed E-state index contributed by atoms with van der Waals surface area (Å²) in [6, 6.07) is 11.4. The van der Waals surface area contributed by atoms with Gasteiger partial charge in [0.2, 0.25) is 0 Å². The summed E-state index contributed by atoms with van der Waals surface area (Å²) in [6.45, 7) is 10.5. The van der Waals surface area contributed by atoms with Gasteiger partial charge in [0.25, 0.3) is 0 Å². The fourth-order valence-electron chi connectivity index (χ4n) is 4.82. The van der Waals surface area contributed by atoms with Gasteiger partial charge in [0, 0.05) is 31.7 Å². The van der Waals surface area contributed by atoms with Crippen molar-refractivity contribution < 1.29 is 0 Å². The highest BCUT2D eigenvalue weighted by Gasteiger charge is 2.37. The Morgan fingerprint density at radius 2 is 1.88 bits per heavy atom. The van der Waals surface area contributed by atoms with Crippen LogP contribution in [0.4, 0.5) is 0 Å². The van der Waals surface area contributed by atoms with E-state index in [-0.39, 0.29) is 0 Å². The van der Waals surface area contributed by atoms with Crippen molar-refractivity contribution in [2.24, 2.45) is 11.8 Å². The number of imidazole rings is 1. The molecule has 1 aromatic heterocycles. The monoisotopic (exact) mass is 352 g/mol. The number of nitrogens with one attached hydrogen (secondary N) is 1. The normalized spacial score (nSPS) is 22.7. The van der Waals surface area contributed by atoms with E-state index in [4.69, 9.17) is 4.98 Å². The molecule has 1 unspecified atom stereocenters. The zero-order valence-corrected chi connectivity index (χ0v) is 16.2. The first-order valence-corrected chi connectivity index (χ1v) is 10.2. The van der Waals surface area contributed by atoms with E-state index >= 15 is 0 Å². The summed E-state index contributed by atoms with van der Waals surface area (Å²) in [5.41, 5.74) is 4.14. The smallest absolute Gasteiger partial charge is 0.0925 e. The average Bonchev–Trinajstić information content (AvgIpc) is 3.12. The summed E-state index contributed by atoms with van der Waals surface area (Å²) in [4.78, 5) is 13.5. The van der Waals surface area contributed by atoms with Crippen molar-refractivity contribution in [3.63, 3.8) is 0 Å². The quantitative estimate of drug-likeness (QED) is 0.887. The lowest BCUT2D eigenvalue weighted by molar-refractivity contribution is 0.0664. The second-order valence-corrected chi connectivity index (χ2v) is 8.45. The van der Waals surface area contributed by atoms with Crippen molar-refractivity contribution in [3.05, 3.63) is 53.6 Å². The molecule has 2 aliphatic heterocycles. The van der Waals surface area contributed by atoms with Gasteiger partial charge in [0.1, 0.15) is 0 Å². The lowest BCUT2D eigenvalue weighted by Crippen LogP contribution is -2.45. The molecule has 1 fully saturated rings. The van der Waals surface area contributed by atoms with Gasteiger partial charge in [-0.3, -0.25) is 9.80 Å². The molecule has 0 aliphatic carbocycles. The second kappa shape index (κ2) is 7.93. The zero-order valence-electron chi connectivity index (χ0n) is 16.2. The molecule has 0 amide bonds. The second-order valence-electron chi connectivity index (χ2n) is 8.45. The molecule has 3 heterocycles. The van der Waals surface area contributed by atoms with E-state index in [1.54, 1.807) is 0 Å². The fraction of sp³-hybridized carbons (Fsp3) is 0.591. The topological polar surface area (TPSA) is 35.2 Å². The van der Waals surface area contributed by atoms with Gasteiger partial charge < -0.3 is 4.98 Å². The summed E-state index contributed by atoms with van der Waals surface area (Å²) in [7, 11) is 0. The van der Waals surface area contributed by atoms with Crippen molar-refractivity contribution >= 4 is 0 Å². The molecule has 4 heteroatoms. The molecule has 0 radical (unpaired) electrons. The molecule has 1 N–H and O–H groups in total. The highest BCUT2D eigenvalue weighted by Crippen LogP contribution is 2.39. The number of likely N-dealkylation sites (tertiary alicyclic amines) is 1. The third-order valence-corrected chi connectivity index (χ3v) is 6.00. The van der Waals surface area contributed by atoms with E-state index in [2.05, 4.69) is 59.0 Å². The fourth-order valence-corrected chi connectivity index (χ4v) is 4.82. The minimum absolute atomic E-state index is 0.506. The highest BCUT2D eigenvalue weighted by atomic mass is 15.2. The van der Waals surface area contributed by atoms with Crippen LogP contribution in [0.25, 0.3) is 0 Å². The van der Waals surface area contributed by atoms with Crippen LogP contribution in [0.5, 0.6) is 0 Å². The number of aromatic nitrogens is 2. The van der Waals surface area contributed by atoms with Crippen LogP contribution in [0.3, 0.4) is 0 Å². The number of aromatic amines is 1. The molecule has 140 valence electrons. The van der Waals surface area contributed by atoms with Gasteiger partial charge in [-0.15, -0.1) is 0 Å². The Morgan fingerprint density at radius 3 is 2.62 bits per heavy atom. The van der Waals surface area contributed by atoms with Crippen LogP contribution >= 0.6 is 0 Å². The third kappa shape index (κ3) is 3.86. The van der Waals surface area contributed by atoms with E-state index < -0.39 is 0 Å². The Bertz CT molecular complexity index is 685. The van der Waals surface area contributed by atoms with Gasteiger partial charge in [-0.05, 0) is 43.3 Å². The van der Waals surface area contributed by atoms with E-state index in [9.17, 15) is 0 Å². The maximum Gasteiger partial charge on any atom is 0.0925 e. The molecular formula is C22H32N4. The lowest BCUT2D eigenvalue weighted by atomic mass is 9.83. The molecule has 2 aromatic rings. The number of benzene rings is 1. The Morgan fingerprint density at radius 1 is 1.12 bits per heavy atom. The van der Waals surface area contributed by atoms with Gasteiger partial charge >= 0.3 is 0 Å². The molecule has 4 rings (SSSR count). The summed E-state index contributed by atoms with van der Waals surface area (Å²) in [6.07, 6.45) is 5.57. The first-order valence-electron chi connectivity index (χ1n) is 10.2. The Labute approximate surface area is 157 Å². The molecule has 1 atom stereocenters. The SMILES string of the molecule is CC(C)CN1CCc2[nH]cnc2C1C1CCN(Cc2ccccc2)CC1. The summed E-state index contributed by atoms with van der Waals surface area (Å²) in [5, 5.41) is 0. The molecule has 0 spiro atoms. The number of rotatable bonds is 5. The predicted octanol–water partition coefficient (Wildman–Crippen LogP) is 3.88. The maximum absolute atomic E-state index is 4.75. The summed E-state index contributed by atoms with van der Waals surface area (Å²) >= 11 is 0. The Hall–Kier alpha value is -1.65. The van der Waals surface area contributed by atoms with E-state index in [1.807, 2.05) is 6.33 Å². The molecule has 2 aliphatic rings. The first-order chi connectivity index (χ1) is 12.7. The van der Waals surface area contributed by atoms with Crippen LogP contribution in [0.2, 0.25) is 0 Å². The van der Waals surface area contributed by atoms with Crippen LogP contribution in [0.15, 0.2) is 36.7 Å². The maximum atomic E-state index is 4.75. The van der Waals surface area contributed by atoms with Gasteiger partial charge in [-0.2, -0.15) is 0 Å². The van der Waals surface area contributed by atoms with Crippen molar-refractivity contribution in [1.29, 1.82) is 0 Å². The first kappa shape index (κ1) is 17.7. The molecular weight excluding hydrogens is 320 g/mol. The van der Waals surface area contributed by atoms with Gasteiger partial charge in [0.15, 0.2) is 0 Å². The lowest BCUT2D eigenvalue weighted by Gasteiger charge is -2.43. The Balaban J connectivity index is 1.43. The van der Waals surface area contributed by atoms with E-state index in [0.29, 0.717) is 12.0 Å². The summed E-state index contributed by atoms with van der Waals surface area (Å²) < 4.78 is 0. The van der Waals surface area contributed by atoms with Crippen molar-refractivity contribution in [3.8, 4) is 0 Å². The van der Waals surface area contributed by atoms with Crippen molar-refractivity contribution in [1.82, 2.24) is 19.8 Å². The minimum Gasteiger partial charge on any atom is -0.348 e. The average molecular weight is 353 g/mol. The number of hydrogen-bond donors (Lipinski definition) is 1. The summed E-state index contributed by atoms with van der Waals surface area (Å²) in [5.74, 6) is 1.43. The molecule has 1 saturated heterocycles. The van der Waals surface area contributed by atoms with Gasteiger partial charge in [-0.1, -0.05) is 44.2 Å². The number of fused-ring (bicyclic) bond motifs is 1. The third-order valence-electron chi connectivity index (χ3n) is 6.00. The van der Waals surface area contributed by atoms with Crippen LogP contribution in [-0.2, 0) is 13.0 Å². The zero-order chi connectivity index (χ0) is 17.9. The Kier molecular flexibility index (Phi) is 5.41. The van der Waals surface area contributed by atoms with Crippen molar-refractivity contribution in [2.75, 3.05) is 26.2 Å². The molecule has 4 nitrogen and oxygen atoms in total.